The Morgan fingerprint density at radius 1 is 0.919 bits per heavy atom. The summed E-state index contributed by atoms with van der Waals surface area (Å²) in [7, 11) is -3.71. The first-order chi connectivity index (χ1) is 17.9. The molecule has 4 aromatic rings. The predicted molar refractivity (Wildman–Crippen MR) is 148 cm³/mol. The zero-order valence-corrected chi connectivity index (χ0v) is 22.4. The van der Waals surface area contributed by atoms with E-state index in [9.17, 15) is 13.2 Å². The van der Waals surface area contributed by atoms with Crippen molar-refractivity contribution in [1.29, 1.82) is 0 Å². The minimum Gasteiger partial charge on any atom is -0.345 e. The Labute approximate surface area is 225 Å². The zero-order chi connectivity index (χ0) is 25.6. The molecule has 0 unspecified atom stereocenters. The summed E-state index contributed by atoms with van der Waals surface area (Å²) in [5.41, 5.74) is 3.19. The second kappa shape index (κ2) is 9.63. The number of carbonyl (C=O) groups excluding carboxylic acids is 1. The van der Waals surface area contributed by atoms with Crippen molar-refractivity contribution in [2.75, 3.05) is 41.9 Å². The molecule has 0 aliphatic carbocycles. The van der Waals surface area contributed by atoms with Gasteiger partial charge in [0, 0.05) is 43.3 Å². The van der Waals surface area contributed by atoms with Gasteiger partial charge in [0.1, 0.15) is 0 Å². The normalized spacial score (nSPS) is 16.2. The highest BCUT2D eigenvalue weighted by Gasteiger charge is 2.29. The highest BCUT2D eigenvalue weighted by molar-refractivity contribution is 7.92. The van der Waals surface area contributed by atoms with Crippen LogP contribution in [0.15, 0.2) is 71.6 Å². The van der Waals surface area contributed by atoms with Crippen molar-refractivity contribution in [1.82, 2.24) is 9.88 Å². The van der Waals surface area contributed by atoms with Gasteiger partial charge < -0.3 is 9.80 Å². The summed E-state index contributed by atoms with van der Waals surface area (Å²) in [6.07, 6.45) is 1.65. The molecule has 1 amide bonds. The molecule has 6 rings (SSSR count). The van der Waals surface area contributed by atoms with E-state index < -0.39 is 10.0 Å². The van der Waals surface area contributed by atoms with Gasteiger partial charge in [-0.25, -0.2) is 13.4 Å². The molecular weight excluding hydrogens is 528 g/mol. The lowest BCUT2D eigenvalue weighted by atomic mass is 10.0. The monoisotopic (exact) mass is 552 g/mol. The van der Waals surface area contributed by atoms with Crippen LogP contribution in [-0.4, -0.2) is 56.9 Å². The van der Waals surface area contributed by atoms with Crippen LogP contribution in [-0.2, 0) is 16.4 Å². The summed E-state index contributed by atoms with van der Waals surface area (Å²) in [6.45, 7) is 2.95. The lowest BCUT2D eigenvalue weighted by Crippen LogP contribution is -2.48. The number of hydrogen-bond donors (Lipinski definition) is 0. The van der Waals surface area contributed by atoms with Crippen molar-refractivity contribution in [3.63, 3.8) is 0 Å². The van der Waals surface area contributed by atoms with Crippen molar-refractivity contribution < 1.29 is 13.2 Å². The van der Waals surface area contributed by atoms with Crippen molar-refractivity contribution >= 4 is 59.9 Å². The first kappa shape index (κ1) is 24.2. The first-order valence-electron chi connectivity index (χ1n) is 12.2. The Kier molecular flexibility index (Phi) is 6.30. The molecule has 2 aliphatic rings. The molecule has 3 heterocycles. The number of piperazine rings is 1. The molecule has 3 aromatic carbocycles. The maximum atomic E-state index is 13.4. The molecule has 0 N–H and O–H groups in total. The average Bonchev–Trinajstić information content (AvgIpc) is 3.36. The van der Waals surface area contributed by atoms with E-state index >= 15 is 0 Å². The highest BCUT2D eigenvalue weighted by Crippen LogP contribution is 2.33. The molecule has 7 nitrogen and oxygen atoms in total. The SMILES string of the molecule is O=C(c1ccc(S(=O)(=O)N2CCCc3ccccc32)cc1)N1CCN(c2nc3ccc(Cl)cc3s2)CC1. The molecule has 190 valence electrons. The van der Waals surface area contributed by atoms with Crippen molar-refractivity contribution in [3.8, 4) is 0 Å². The molecule has 0 atom stereocenters. The molecule has 0 bridgehead atoms. The molecule has 1 saturated heterocycles. The molecular formula is C27H25ClN4O3S2. The standard InChI is InChI=1S/C27H25ClN4O3S2/c28-21-9-12-23-25(18-21)36-27(29-23)31-16-14-30(15-17-31)26(33)20-7-10-22(11-8-20)37(34,35)32-13-3-5-19-4-1-2-6-24(19)32/h1-2,4,6-12,18H,3,5,13-17H2. The van der Waals surface area contributed by atoms with Crippen LogP contribution < -0.4 is 9.21 Å². The number of aromatic nitrogens is 1. The second-order valence-electron chi connectivity index (χ2n) is 9.22. The van der Waals surface area contributed by atoms with Gasteiger partial charge in [-0.1, -0.05) is 41.1 Å². The van der Waals surface area contributed by atoms with E-state index in [4.69, 9.17) is 16.6 Å². The minimum atomic E-state index is -3.71. The van der Waals surface area contributed by atoms with Crippen LogP contribution in [0.25, 0.3) is 10.2 Å². The Hall–Kier alpha value is -3.14. The molecule has 10 heteroatoms. The largest absolute Gasteiger partial charge is 0.345 e. The number of aryl methyl sites for hydroxylation is 1. The van der Waals surface area contributed by atoms with Crippen LogP contribution in [0.2, 0.25) is 5.02 Å². The summed E-state index contributed by atoms with van der Waals surface area (Å²) in [5.74, 6) is -0.0944. The molecule has 1 aromatic heterocycles. The number of amides is 1. The Morgan fingerprint density at radius 2 is 1.68 bits per heavy atom. The van der Waals surface area contributed by atoms with E-state index in [-0.39, 0.29) is 10.8 Å². The molecule has 0 spiro atoms. The third-order valence-electron chi connectivity index (χ3n) is 6.93. The van der Waals surface area contributed by atoms with Gasteiger partial charge in [0.2, 0.25) is 0 Å². The summed E-state index contributed by atoms with van der Waals surface area (Å²) in [6, 6.07) is 19.6. The second-order valence-corrected chi connectivity index (χ2v) is 12.5. The first-order valence-corrected chi connectivity index (χ1v) is 14.8. The van der Waals surface area contributed by atoms with Crippen molar-refractivity contribution in [3.05, 3.63) is 82.9 Å². The summed E-state index contributed by atoms with van der Waals surface area (Å²) >= 11 is 7.71. The number of nitrogens with zero attached hydrogens (tertiary/aromatic N) is 4. The zero-order valence-electron chi connectivity index (χ0n) is 20.0. The smallest absolute Gasteiger partial charge is 0.264 e. The van der Waals surface area contributed by atoms with Gasteiger partial charge >= 0.3 is 0 Å². The third kappa shape index (κ3) is 4.56. The summed E-state index contributed by atoms with van der Waals surface area (Å²) in [4.78, 5) is 22.1. The molecule has 2 aliphatic heterocycles. The number of hydrogen-bond acceptors (Lipinski definition) is 6. The van der Waals surface area contributed by atoms with Gasteiger partial charge in [-0.2, -0.15) is 0 Å². The van der Waals surface area contributed by atoms with Crippen LogP contribution in [0.3, 0.4) is 0 Å². The summed E-state index contributed by atoms with van der Waals surface area (Å²) in [5, 5.41) is 1.62. The van der Waals surface area contributed by atoms with Gasteiger partial charge in [0.05, 0.1) is 20.8 Å². The summed E-state index contributed by atoms with van der Waals surface area (Å²) < 4.78 is 29.3. The van der Waals surface area contributed by atoms with Gasteiger partial charge in [-0.15, -0.1) is 0 Å². The number of halogens is 1. The van der Waals surface area contributed by atoms with Crippen LogP contribution in [0.1, 0.15) is 22.3 Å². The van der Waals surface area contributed by atoms with Gasteiger partial charge in [-0.3, -0.25) is 9.10 Å². The number of benzene rings is 3. The van der Waals surface area contributed by atoms with E-state index in [0.717, 1.165) is 39.4 Å². The van der Waals surface area contributed by atoms with Crippen LogP contribution >= 0.6 is 22.9 Å². The van der Waals surface area contributed by atoms with Gasteiger partial charge in [-0.05, 0) is 66.9 Å². The van der Waals surface area contributed by atoms with E-state index in [1.54, 1.807) is 35.6 Å². The maximum absolute atomic E-state index is 13.4. The lowest BCUT2D eigenvalue weighted by Gasteiger charge is -2.34. The number of para-hydroxylation sites is 1. The molecule has 0 saturated carbocycles. The fourth-order valence-corrected chi connectivity index (χ4v) is 7.78. The minimum absolute atomic E-state index is 0.0944. The van der Waals surface area contributed by atoms with Crippen LogP contribution in [0, 0.1) is 0 Å². The fourth-order valence-electron chi connectivity index (χ4n) is 4.95. The van der Waals surface area contributed by atoms with E-state index in [2.05, 4.69) is 4.90 Å². The van der Waals surface area contributed by atoms with Gasteiger partial charge in [0.25, 0.3) is 15.9 Å². The predicted octanol–water partition coefficient (Wildman–Crippen LogP) is 5.05. The number of anilines is 2. The number of thiazole rings is 1. The quantitative estimate of drug-likeness (QED) is 0.354. The average molecular weight is 553 g/mol. The molecule has 0 radical (unpaired) electrons. The van der Waals surface area contributed by atoms with Crippen molar-refractivity contribution in [2.45, 2.75) is 17.7 Å². The van der Waals surface area contributed by atoms with E-state index in [0.29, 0.717) is 43.3 Å². The van der Waals surface area contributed by atoms with E-state index in [1.807, 2.05) is 47.4 Å². The topological polar surface area (TPSA) is 73.8 Å². The molecule has 1 fully saturated rings. The number of sulfonamides is 1. The highest BCUT2D eigenvalue weighted by atomic mass is 35.5. The van der Waals surface area contributed by atoms with Gasteiger partial charge in [0.15, 0.2) is 5.13 Å². The third-order valence-corrected chi connectivity index (χ3v) is 10.1. The molecule has 37 heavy (non-hydrogen) atoms. The van der Waals surface area contributed by atoms with Crippen LogP contribution in [0.4, 0.5) is 10.8 Å². The number of fused-ring (bicyclic) bond motifs is 2. The number of rotatable bonds is 4. The van der Waals surface area contributed by atoms with Crippen LogP contribution in [0.5, 0.6) is 0 Å². The maximum Gasteiger partial charge on any atom is 0.264 e. The van der Waals surface area contributed by atoms with E-state index in [1.165, 1.54) is 4.31 Å². The lowest BCUT2D eigenvalue weighted by molar-refractivity contribution is 0.0746. The van der Waals surface area contributed by atoms with Crippen molar-refractivity contribution in [2.24, 2.45) is 0 Å². The Balaban J connectivity index is 1.14. The fraction of sp³-hybridized carbons (Fsp3) is 0.259. The number of carbonyl (C=O) groups is 1. The Bertz CT molecular complexity index is 1580. The Morgan fingerprint density at radius 3 is 2.46 bits per heavy atom.